The van der Waals surface area contributed by atoms with Crippen LogP contribution in [0.25, 0.3) is 0 Å². The first-order chi connectivity index (χ1) is 11.7. The first-order valence-electron chi connectivity index (χ1n) is 7.89. The van der Waals surface area contributed by atoms with Crippen LogP contribution in [-0.2, 0) is 0 Å². The molecule has 0 radical (unpaired) electrons. The zero-order valence-electron chi connectivity index (χ0n) is 13.5. The number of hydrogen-bond donors (Lipinski definition) is 0. The van der Waals surface area contributed by atoms with Gasteiger partial charge >= 0.3 is 141 Å². The Labute approximate surface area is 141 Å². The summed E-state index contributed by atoms with van der Waals surface area (Å²) in [6.07, 6.45) is 5.94. The summed E-state index contributed by atoms with van der Waals surface area (Å²) >= 11 is 0. The van der Waals surface area contributed by atoms with Crippen LogP contribution in [0.5, 0.6) is 11.5 Å². The topological polar surface area (TPSA) is 24.9 Å². The van der Waals surface area contributed by atoms with Crippen LogP contribution >= 0.6 is 7.36 Å². The molecular formula is C19H17N2O2P. The molecule has 0 aromatic heterocycles. The predicted octanol–water partition coefficient (Wildman–Crippen LogP) is 4.87. The fourth-order valence-electron chi connectivity index (χ4n) is 3.78. The summed E-state index contributed by atoms with van der Waals surface area (Å²) in [6, 6.07) is 16.2. The molecule has 2 heterocycles. The Morgan fingerprint density at radius 3 is 1.83 bits per heavy atom. The normalized spacial score (nSPS) is 22.4. The molecule has 0 saturated carbocycles. The Hall–Kier alpha value is -2.67. The van der Waals surface area contributed by atoms with Gasteiger partial charge in [0.2, 0.25) is 0 Å². The average molecular weight is 336 g/mol. The average Bonchev–Trinajstić information content (AvgIpc) is 3.28. The van der Waals surface area contributed by atoms with Gasteiger partial charge in [-0.3, -0.25) is 0 Å². The number of benzene rings is 2. The second kappa shape index (κ2) is 4.24. The van der Waals surface area contributed by atoms with Crippen molar-refractivity contribution in [3.63, 3.8) is 0 Å². The molecular weight excluding hydrogens is 319 g/mol. The van der Waals surface area contributed by atoms with Crippen LogP contribution < -0.4 is 18.4 Å². The molecule has 0 bridgehead atoms. The molecule has 120 valence electrons. The summed E-state index contributed by atoms with van der Waals surface area (Å²) in [4.78, 5) is 0. The number of hydrogen-bond acceptors (Lipinski definition) is 4. The van der Waals surface area contributed by atoms with Gasteiger partial charge in [0.1, 0.15) is 0 Å². The fourth-order valence-corrected chi connectivity index (χ4v) is 8.30. The van der Waals surface area contributed by atoms with Crippen molar-refractivity contribution in [1.29, 1.82) is 0 Å². The van der Waals surface area contributed by atoms with Gasteiger partial charge < -0.3 is 0 Å². The molecule has 0 N–H and O–H groups in total. The maximum atomic E-state index is 6.72. The third-order valence-electron chi connectivity index (χ3n) is 5.01. The molecule has 24 heavy (non-hydrogen) atoms. The molecule has 1 aliphatic carbocycles. The summed E-state index contributed by atoms with van der Waals surface area (Å²) in [6.45, 7) is 0. The van der Waals surface area contributed by atoms with Gasteiger partial charge in [-0.15, -0.1) is 0 Å². The first kappa shape index (κ1) is 13.7. The van der Waals surface area contributed by atoms with Crippen molar-refractivity contribution in [1.82, 2.24) is 0 Å². The second-order valence-electron chi connectivity index (χ2n) is 6.09. The number of para-hydroxylation sites is 4. The molecule has 0 amide bonds. The van der Waals surface area contributed by atoms with Crippen molar-refractivity contribution < 1.29 is 9.05 Å². The zero-order valence-corrected chi connectivity index (χ0v) is 14.4. The van der Waals surface area contributed by atoms with E-state index in [2.05, 4.69) is 27.2 Å². The Bertz CT molecular complexity index is 915. The molecule has 0 fully saturated rings. The van der Waals surface area contributed by atoms with Crippen LogP contribution in [-0.4, -0.2) is 14.1 Å². The zero-order chi connectivity index (χ0) is 16.4. The number of rotatable bonds is 1. The minimum absolute atomic E-state index is 0.840. The number of nitrogens with zero attached hydrogens (tertiary/aromatic N) is 2. The van der Waals surface area contributed by atoms with Crippen LogP contribution in [0, 0.1) is 0 Å². The van der Waals surface area contributed by atoms with Gasteiger partial charge in [-0.25, -0.2) is 0 Å². The third kappa shape index (κ3) is 1.31. The van der Waals surface area contributed by atoms with Gasteiger partial charge in [-0.1, -0.05) is 0 Å². The number of anilines is 2. The molecule has 3 aliphatic rings. The van der Waals surface area contributed by atoms with E-state index in [9.17, 15) is 0 Å². The molecule has 2 aromatic rings. The third-order valence-corrected chi connectivity index (χ3v) is 9.71. The fraction of sp³-hybridized carbons (Fsp3) is 0.105. The van der Waals surface area contributed by atoms with E-state index < -0.39 is 7.36 Å². The van der Waals surface area contributed by atoms with Crippen molar-refractivity contribution in [2.75, 3.05) is 23.4 Å². The summed E-state index contributed by atoms with van der Waals surface area (Å²) in [5.41, 5.74) is 5.42. The Morgan fingerprint density at radius 1 is 0.833 bits per heavy atom. The summed E-state index contributed by atoms with van der Waals surface area (Å²) in [5.74, 6) is 1.68. The van der Waals surface area contributed by atoms with Gasteiger partial charge in [-0.05, 0) is 0 Å². The van der Waals surface area contributed by atoms with E-state index in [1.807, 2.05) is 68.7 Å². The van der Waals surface area contributed by atoms with Gasteiger partial charge in [0.15, 0.2) is 0 Å². The molecule has 5 heteroatoms. The van der Waals surface area contributed by atoms with Gasteiger partial charge in [0.25, 0.3) is 0 Å². The van der Waals surface area contributed by atoms with E-state index in [4.69, 9.17) is 9.05 Å². The maximum absolute atomic E-state index is 6.72. The van der Waals surface area contributed by atoms with E-state index in [1.54, 1.807) is 0 Å². The van der Waals surface area contributed by atoms with Crippen LogP contribution in [0.15, 0.2) is 77.8 Å². The first-order valence-corrected chi connectivity index (χ1v) is 9.86. The molecule has 1 spiro atoms. The number of fused-ring (bicyclic) bond motifs is 2. The van der Waals surface area contributed by atoms with Crippen molar-refractivity contribution in [2.24, 2.45) is 0 Å². The minimum atomic E-state index is -3.55. The van der Waals surface area contributed by atoms with Crippen molar-refractivity contribution in [3.05, 3.63) is 77.8 Å². The molecule has 0 atom stereocenters. The van der Waals surface area contributed by atoms with E-state index in [-0.39, 0.29) is 0 Å². The molecule has 5 rings (SSSR count). The van der Waals surface area contributed by atoms with E-state index >= 15 is 0 Å². The Morgan fingerprint density at radius 2 is 1.38 bits per heavy atom. The van der Waals surface area contributed by atoms with Crippen LogP contribution in [0.1, 0.15) is 0 Å². The molecule has 4 nitrogen and oxygen atoms in total. The molecule has 0 unspecified atom stereocenters. The van der Waals surface area contributed by atoms with Gasteiger partial charge in [0.05, 0.1) is 0 Å². The van der Waals surface area contributed by atoms with Crippen LogP contribution in [0.3, 0.4) is 0 Å². The summed E-state index contributed by atoms with van der Waals surface area (Å²) < 4.78 is 17.8. The standard InChI is InChI=1S/C19H17N2O2P/c1-20-16-11-5-7-13-18(16)22-24(20,15-9-3-4-10-15)21(2)17-12-6-8-14-19(17)23-24/h3-9,11-14H,1-2H3. The monoisotopic (exact) mass is 336 g/mol. The predicted molar refractivity (Wildman–Crippen MR) is 98.6 cm³/mol. The summed E-state index contributed by atoms with van der Waals surface area (Å²) in [7, 11) is 0.543. The summed E-state index contributed by atoms with van der Waals surface area (Å²) in [5, 5.41) is 0.943. The Kier molecular flexibility index (Phi) is 2.43. The van der Waals surface area contributed by atoms with Gasteiger partial charge in [-0.2, -0.15) is 0 Å². The quantitative estimate of drug-likeness (QED) is 0.548. The van der Waals surface area contributed by atoms with Crippen molar-refractivity contribution in [3.8, 4) is 11.5 Å². The van der Waals surface area contributed by atoms with E-state index in [1.165, 1.54) is 0 Å². The van der Waals surface area contributed by atoms with E-state index in [0.717, 1.165) is 28.2 Å². The van der Waals surface area contributed by atoms with E-state index in [0.29, 0.717) is 0 Å². The SMILES string of the molecule is CN1c2ccccc2OP12(C1=C=CC=C1)Oc1ccccc1N2C. The Balaban J connectivity index is 1.84. The van der Waals surface area contributed by atoms with Crippen LogP contribution in [0.2, 0.25) is 0 Å². The van der Waals surface area contributed by atoms with Gasteiger partial charge in [0, 0.05) is 0 Å². The molecule has 2 aliphatic heterocycles. The van der Waals surface area contributed by atoms with Crippen molar-refractivity contribution >= 4 is 18.7 Å². The number of allylic oxidation sites excluding steroid dienone is 3. The molecule has 0 saturated heterocycles. The van der Waals surface area contributed by atoms with Crippen molar-refractivity contribution in [2.45, 2.75) is 0 Å². The van der Waals surface area contributed by atoms with Crippen LogP contribution in [0.4, 0.5) is 11.4 Å². The molecule has 2 aromatic carbocycles. The second-order valence-corrected chi connectivity index (χ2v) is 9.89.